The van der Waals surface area contributed by atoms with E-state index in [9.17, 15) is 18.0 Å². The summed E-state index contributed by atoms with van der Waals surface area (Å²) in [6, 6.07) is 1.10. The Morgan fingerprint density at radius 1 is 1.35 bits per heavy atom. The molecule has 0 bridgehead atoms. The molecule has 0 unspecified atom stereocenters. The van der Waals surface area contributed by atoms with Crippen LogP contribution in [-0.4, -0.2) is 28.9 Å². The monoisotopic (exact) mass is 246 g/mol. The van der Waals surface area contributed by atoms with E-state index in [2.05, 4.69) is 4.98 Å². The number of nitrogens with zero attached hydrogens (tertiary/aromatic N) is 2. The summed E-state index contributed by atoms with van der Waals surface area (Å²) in [5, 5.41) is 0. The Balaban J connectivity index is 3.18. The van der Waals surface area contributed by atoms with Gasteiger partial charge in [-0.25, -0.2) is 0 Å². The van der Waals surface area contributed by atoms with E-state index in [-0.39, 0.29) is 5.56 Å². The third kappa shape index (κ3) is 2.95. The van der Waals surface area contributed by atoms with Crippen LogP contribution in [0, 0.1) is 0 Å². The quantitative estimate of drug-likeness (QED) is 0.821. The zero-order valence-electron chi connectivity index (χ0n) is 9.58. The number of halogens is 3. The zero-order valence-corrected chi connectivity index (χ0v) is 9.58. The molecule has 0 aliphatic rings. The van der Waals surface area contributed by atoms with Crippen molar-refractivity contribution in [1.82, 2.24) is 9.88 Å². The van der Waals surface area contributed by atoms with Crippen molar-refractivity contribution in [2.75, 3.05) is 13.1 Å². The lowest BCUT2D eigenvalue weighted by atomic mass is 10.1. The molecule has 1 rings (SSSR count). The van der Waals surface area contributed by atoms with Crippen LogP contribution in [-0.2, 0) is 6.18 Å². The average Bonchev–Trinajstić information content (AvgIpc) is 2.29. The lowest BCUT2D eigenvalue weighted by Crippen LogP contribution is -2.32. The van der Waals surface area contributed by atoms with Gasteiger partial charge in [0.15, 0.2) is 0 Å². The molecule has 0 aliphatic heterocycles. The van der Waals surface area contributed by atoms with Gasteiger partial charge < -0.3 is 4.90 Å². The number of carbonyl (C=O) groups excluding carboxylic acids is 1. The van der Waals surface area contributed by atoms with Crippen LogP contribution >= 0.6 is 0 Å². The second-order valence-corrected chi connectivity index (χ2v) is 3.40. The Morgan fingerprint density at radius 2 is 1.94 bits per heavy atom. The first-order valence-electron chi connectivity index (χ1n) is 5.22. The van der Waals surface area contributed by atoms with Crippen molar-refractivity contribution in [2.45, 2.75) is 20.0 Å². The van der Waals surface area contributed by atoms with Crippen LogP contribution in [0.25, 0.3) is 0 Å². The number of rotatable bonds is 3. The lowest BCUT2D eigenvalue weighted by molar-refractivity contribution is -0.138. The normalized spacial score (nSPS) is 11.4. The fraction of sp³-hybridized carbons (Fsp3) is 0.455. The van der Waals surface area contributed by atoms with Crippen LogP contribution in [0.2, 0.25) is 0 Å². The molecule has 0 aliphatic carbocycles. The van der Waals surface area contributed by atoms with Gasteiger partial charge in [-0.15, -0.1) is 0 Å². The Bertz CT molecular complexity index is 400. The zero-order chi connectivity index (χ0) is 13.1. The molecule has 0 saturated carbocycles. The van der Waals surface area contributed by atoms with E-state index in [4.69, 9.17) is 0 Å². The molecule has 0 atom stereocenters. The summed E-state index contributed by atoms with van der Waals surface area (Å²) in [5.41, 5.74) is -1.34. The molecule has 0 saturated heterocycles. The molecule has 6 heteroatoms. The van der Waals surface area contributed by atoms with Gasteiger partial charge in [-0.3, -0.25) is 9.78 Å². The van der Waals surface area contributed by atoms with Crippen molar-refractivity contribution >= 4 is 5.91 Å². The highest BCUT2D eigenvalue weighted by molar-refractivity contribution is 5.95. The topological polar surface area (TPSA) is 33.2 Å². The van der Waals surface area contributed by atoms with E-state index in [1.54, 1.807) is 13.8 Å². The van der Waals surface area contributed by atoms with Crippen molar-refractivity contribution < 1.29 is 18.0 Å². The van der Waals surface area contributed by atoms with Gasteiger partial charge in [0, 0.05) is 25.5 Å². The fourth-order valence-corrected chi connectivity index (χ4v) is 1.49. The molecule has 94 valence electrons. The van der Waals surface area contributed by atoms with Gasteiger partial charge in [-0.05, 0) is 19.9 Å². The van der Waals surface area contributed by atoms with E-state index in [0.29, 0.717) is 19.3 Å². The van der Waals surface area contributed by atoms with E-state index in [1.165, 1.54) is 11.1 Å². The molecule has 1 aromatic heterocycles. The van der Waals surface area contributed by atoms with E-state index in [1.807, 2.05) is 0 Å². The molecule has 1 amide bonds. The molecule has 0 spiro atoms. The highest BCUT2D eigenvalue weighted by Crippen LogP contribution is 2.31. The summed E-state index contributed by atoms with van der Waals surface area (Å²) in [4.78, 5) is 16.6. The second kappa shape index (κ2) is 5.16. The molecule has 3 nitrogen and oxygen atoms in total. The maximum absolute atomic E-state index is 12.7. The predicted octanol–water partition coefficient (Wildman–Crippen LogP) is 2.58. The largest absolute Gasteiger partial charge is 0.418 e. The van der Waals surface area contributed by atoms with Crippen molar-refractivity contribution in [3.8, 4) is 0 Å². The minimum absolute atomic E-state index is 0.351. The first kappa shape index (κ1) is 13.5. The maximum Gasteiger partial charge on any atom is 0.418 e. The van der Waals surface area contributed by atoms with Crippen molar-refractivity contribution in [2.24, 2.45) is 0 Å². The number of aromatic nitrogens is 1. The number of alkyl halides is 3. The molecular weight excluding hydrogens is 233 g/mol. The van der Waals surface area contributed by atoms with Crippen LogP contribution in [0.15, 0.2) is 18.5 Å². The van der Waals surface area contributed by atoms with Crippen molar-refractivity contribution in [1.29, 1.82) is 0 Å². The highest BCUT2D eigenvalue weighted by Gasteiger charge is 2.36. The van der Waals surface area contributed by atoms with Crippen LogP contribution in [0.1, 0.15) is 29.8 Å². The number of hydrogen-bond acceptors (Lipinski definition) is 2. The maximum atomic E-state index is 12.7. The highest BCUT2D eigenvalue weighted by atomic mass is 19.4. The summed E-state index contributed by atoms with van der Waals surface area (Å²) in [6.45, 7) is 4.18. The molecule has 0 aromatic carbocycles. The van der Waals surface area contributed by atoms with Crippen LogP contribution in [0.3, 0.4) is 0 Å². The molecule has 0 N–H and O–H groups in total. The standard InChI is InChI=1S/C11H13F3N2O/c1-3-16(4-2)10(17)8-5-6-15-7-9(8)11(12,13)14/h5-7H,3-4H2,1-2H3. The molecule has 0 radical (unpaired) electrons. The van der Waals surface area contributed by atoms with Gasteiger partial charge in [0.2, 0.25) is 0 Å². The molecule has 1 heterocycles. The van der Waals surface area contributed by atoms with Crippen molar-refractivity contribution in [3.63, 3.8) is 0 Å². The first-order chi connectivity index (χ1) is 7.91. The van der Waals surface area contributed by atoms with Gasteiger partial charge >= 0.3 is 6.18 Å². The molecule has 17 heavy (non-hydrogen) atoms. The summed E-state index contributed by atoms with van der Waals surface area (Å²) >= 11 is 0. The SMILES string of the molecule is CCN(CC)C(=O)c1ccncc1C(F)(F)F. The first-order valence-corrected chi connectivity index (χ1v) is 5.22. The fourth-order valence-electron chi connectivity index (χ4n) is 1.49. The third-order valence-electron chi connectivity index (χ3n) is 2.41. The van der Waals surface area contributed by atoms with Gasteiger partial charge in [-0.1, -0.05) is 0 Å². The Labute approximate surface area is 97.3 Å². The third-order valence-corrected chi connectivity index (χ3v) is 2.41. The molecule has 1 aromatic rings. The van der Waals surface area contributed by atoms with Gasteiger partial charge in [0.1, 0.15) is 0 Å². The van der Waals surface area contributed by atoms with Gasteiger partial charge in [-0.2, -0.15) is 13.2 Å². The molecular formula is C11H13F3N2O. The van der Waals surface area contributed by atoms with Crippen molar-refractivity contribution in [3.05, 3.63) is 29.6 Å². The van der Waals surface area contributed by atoms with Crippen LogP contribution in [0.4, 0.5) is 13.2 Å². The number of hydrogen-bond donors (Lipinski definition) is 0. The lowest BCUT2D eigenvalue weighted by Gasteiger charge is -2.20. The minimum Gasteiger partial charge on any atom is -0.339 e. The number of amides is 1. The van der Waals surface area contributed by atoms with E-state index in [0.717, 1.165) is 6.07 Å². The molecule has 0 fully saturated rings. The second-order valence-electron chi connectivity index (χ2n) is 3.40. The summed E-state index contributed by atoms with van der Waals surface area (Å²) in [7, 11) is 0. The van der Waals surface area contributed by atoms with Gasteiger partial charge in [0.25, 0.3) is 5.91 Å². The number of carbonyl (C=O) groups is 1. The van der Waals surface area contributed by atoms with Gasteiger partial charge in [0.05, 0.1) is 11.1 Å². The van der Waals surface area contributed by atoms with Crippen LogP contribution in [0.5, 0.6) is 0 Å². The average molecular weight is 246 g/mol. The summed E-state index contributed by atoms with van der Waals surface area (Å²) in [5.74, 6) is -0.621. The smallest absolute Gasteiger partial charge is 0.339 e. The van der Waals surface area contributed by atoms with E-state index >= 15 is 0 Å². The number of pyridine rings is 1. The summed E-state index contributed by atoms with van der Waals surface area (Å²) in [6.07, 6.45) is -2.70. The Morgan fingerprint density at radius 3 is 2.41 bits per heavy atom. The summed E-state index contributed by atoms with van der Waals surface area (Å²) < 4.78 is 38.0. The Hall–Kier alpha value is -1.59. The Kier molecular flexibility index (Phi) is 4.09. The predicted molar refractivity (Wildman–Crippen MR) is 56.5 cm³/mol. The van der Waals surface area contributed by atoms with Crippen LogP contribution < -0.4 is 0 Å². The van der Waals surface area contributed by atoms with E-state index < -0.39 is 17.6 Å². The minimum atomic E-state index is -4.56.